The molecule has 0 fully saturated rings. The molecule has 0 aromatic carbocycles. The molecular weight excluding hydrogens is 793 g/mol. The molecule has 0 N–H and O–H groups in total. The van der Waals surface area contributed by atoms with Crippen LogP contribution >= 0.6 is 0 Å². The van der Waals surface area contributed by atoms with Gasteiger partial charge >= 0.3 is 17.9 Å². The first-order chi connectivity index (χ1) is 31.2. The first-order valence-electron chi connectivity index (χ1n) is 28.7. The maximum Gasteiger partial charge on any atom is 0.306 e. The summed E-state index contributed by atoms with van der Waals surface area (Å²) in [5.41, 5.74) is 0. The standard InChI is InChI=1S/C58H112O6/c1-6-7-8-9-10-11-12-13-14-15-16-17-18-21-25-28-35-40-45-50-58(61)64-55(52-63-57(60)49-44-39-34-30-29-32-37-42-47-54(4)5)51-62-56(59)48-43-38-33-27-24-22-19-20-23-26-31-36-41-46-53(2)3/h53-55H,6-52H2,1-5H3/t55-/m0/s1. The lowest BCUT2D eigenvalue weighted by atomic mass is 10.0. The highest BCUT2D eigenvalue weighted by Crippen LogP contribution is 2.18. The van der Waals surface area contributed by atoms with Crippen molar-refractivity contribution >= 4 is 17.9 Å². The van der Waals surface area contributed by atoms with Crippen LogP contribution in [0.25, 0.3) is 0 Å². The molecule has 0 rings (SSSR count). The van der Waals surface area contributed by atoms with Gasteiger partial charge in [-0.1, -0.05) is 285 Å². The van der Waals surface area contributed by atoms with Crippen LogP contribution in [0.2, 0.25) is 0 Å². The molecule has 0 aromatic heterocycles. The number of rotatable bonds is 52. The van der Waals surface area contributed by atoms with Crippen molar-refractivity contribution in [2.45, 2.75) is 330 Å². The minimum absolute atomic E-state index is 0.0633. The highest BCUT2D eigenvalue weighted by atomic mass is 16.6. The van der Waals surface area contributed by atoms with Gasteiger partial charge in [0.05, 0.1) is 0 Å². The van der Waals surface area contributed by atoms with Gasteiger partial charge in [0.2, 0.25) is 0 Å². The van der Waals surface area contributed by atoms with Crippen molar-refractivity contribution in [3.8, 4) is 0 Å². The van der Waals surface area contributed by atoms with Gasteiger partial charge in [0.15, 0.2) is 6.10 Å². The molecule has 0 radical (unpaired) electrons. The number of carbonyl (C=O) groups is 3. The smallest absolute Gasteiger partial charge is 0.306 e. The molecule has 6 heteroatoms. The number of hydrogen-bond acceptors (Lipinski definition) is 6. The Hall–Kier alpha value is -1.59. The van der Waals surface area contributed by atoms with Crippen LogP contribution in [0.4, 0.5) is 0 Å². The van der Waals surface area contributed by atoms with Crippen LogP contribution in [-0.4, -0.2) is 37.2 Å². The van der Waals surface area contributed by atoms with Gasteiger partial charge in [-0.2, -0.15) is 0 Å². The Morgan fingerprint density at radius 1 is 0.297 bits per heavy atom. The number of ether oxygens (including phenoxy) is 3. The molecule has 0 aliphatic carbocycles. The summed E-state index contributed by atoms with van der Waals surface area (Å²) in [4.78, 5) is 38.1. The summed E-state index contributed by atoms with van der Waals surface area (Å²) in [6.45, 7) is 11.4. The van der Waals surface area contributed by atoms with E-state index >= 15 is 0 Å². The summed E-state index contributed by atoms with van der Waals surface area (Å²) >= 11 is 0. The Morgan fingerprint density at radius 2 is 0.516 bits per heavy atom. The van der Waals surface area contributed by atoms with E-state index in [1.165, 1.54) is 212 Å². The van der Waals surface area contributed by atoms with Gasteiger partial charge in [0.1, 0.15) is 13.2 Å². The quantitative estimate of drug-likeness (QED) is 0.0344. The van der Waals surface area contributed by atoms with Crippen molar-refractivity contribution in [3.63, 3.8) is 0 Å². The zero-order valence-corrected chi connectivity index (χ0v) is 43.9. The van der Waals surface area contributed by atoms with Gasteiger partial charge in [-0.3, -0.25) is 14.4 Å². The van der Waals surface area contributed by atoms with E-state index in [-0.39, 0.29) is 31.1 Å². The summed E-state index contributed by atoms with van der Waals surface area (Å²) < 4.78 is 16.9. The fraction of sp³-hybridized carbons (Fsp3) is 0.948. The maximum absolute atomic E-state index is 12.8. The third kappa shape index (κ3) is 51.4. The Balaban J connectivity index is 4.26. The third-order valence-electron chi connectivity index (χ3n) is 13.2. The summed E-state index contributed by atoms with van der Waals surface area (Å²) in [6.07, 6.45) is 53.9. The molecule has 0 aliphatic heterocycles. The predicted octanol–water partition coefficient (Wildman–Crippen LogP) is 18.9. The number of esters is 3. The minimum Gasteiger partial charge on any atom is -0.462 e. The van der Waals surface area contributed by atoms with E-state index in [9.17, 15) is 14.4 Å². The van der Waals surface area contributed by atoms with Gasteiger partial charge in [-0.05, 0) is 31.1 Å². The van der Waals surface area contributed by atoms with Gasteiger partial charge in [0, 0.05) is 19.3 Å². The molecule has 0 unspecified atom stereocenters. The molecular formula is C58H112O6. The minimum atomic E-state index is -0.763. The summed E-state index contributed by atoms with van der Waals surface area (Å²) in [7, 11) is 0. The third-order valence-corrected chi connectivity index (χ3v) is 13.2. The molecule has 64 heavy (non-hydrogen) atoms. The van der Waals surface area contributed by atoms with E-state index in [0.717, 1.165) is 69.6 Å². The van der Waals surface area contributed by atoms with Crippen LogP contribution in [0.1, 0.15) is 324 Å². The molecule has 0 saturated heterocycles. The van der Waals surface area contributed by atoms with Crippen molar-refractivity contribution < 1.29 is 28.6 Å². The topological polar surface area (TPSA) is 78.9 Å². The molecule has 0 spiro atoms. The van der Waals surface area contributed by atoms with Crippen molar-refractivity contribution in [3.05, 3.63) is 0 Å². The van der Waals surface area contributed by atoms with Crippen LogP contribution in [-0.2, 0) is 28.6 Å². The monoisotopic (exact) mass is 905 g/mol. The zero-order chi connectivity index (χ0) is 46.8. The Kier molecular flexibility index (Phi) is 49.6. The molecule has 0 aromatic rings. The van der Waals surface area contributed by atoms with Crippen LogP contribution in [0.15, 0.2) is 0 Å². The fourth-order valence-electron chi connectivity index (χ4n) is 8.87. The number of hydrogen-bond donors (Lipinski definition) is 0. The maximum atomic E-state index is 12.8. The summed E-state index contributed by atoms with van der Waals surface area (Å²) in [6, 6.07) is 0. The highest BCUT2D eigenvalue weighted by Gasteiger charge is 2.19. The van der Waals surface area contributed by atoms with E-state index in [2.05, 4.69) is 34.6 Å². The lowest BCUT2D eigenvalue weighted by Crippen LogP contribution is -2.30. The molecule has 0 saturated carbocycles. The first-order valence-corrected chi connectivity index (χ1v) is 28.7. The summed E-state index contributed by atoms with van der Waals surface area (Å²) in [5, 5.41) is 0. The van der Waals surface area contributed by atoms with E-state index in [4.69, 9.17) is 14.2 Å². The first kappa shape index (κ1) is 62.4. The zero-order valence-electron chi connectivity index (χ0n) is 43.9. The van der Waals surface area contributed by atoms with Crippen molar-refractivity contribution in [2.75, 3.05) is 13.2 Å². The summed E-state index contributed by atoms with van der Waals surface area (Å²) in [5.74, 6) is 0.793. The average molecular weight is 906 g/mol. The average Bonchev–Trinajstić information content (AvgIpc) is 3.27. The predicted molar refractivity (Wildman–Crippen MR) is 275 cm³/mol. The van der Waals surface area contributed by atoms with Gasteiger partial charge < -0.3 is 14.2 Å². The van der Waals surface area contributed by atoms with Crippen molar-refractivity contribution in [2.24, 2.45) is 11.8 Å². The van der Waals surface area contributed by atoms with Crippen LogP contribution in [0, 0.1) is 11.8 Å². The molecule has 380 valence electrons. The lowest BCUT2D eigenvalue weighted by Gasteiger charge is -2.18. The second-order valence-electron chi connectivity index (χ2n) is 20.9. The van der Waals surface area contributed by atoms with Gasteiger partial charge in [-0.15, -0.1) is 0 Å². The Bertz CT molecular complexity index is 978. The lowest BCUT2D eigenvalue weighted by molar-refractivity contribution is -0.167. The van der Waals surface area contributed by atoms with Crippen molar-refractivity contribution in [1.29, 1.82) is 0 Å². The molecule has 0 aliphatic rings. The van der Waals surface area contributed by atoms with Crippen LogP contribution in [0.3, 0.4) is 0 Å². The van der Waals surface area contributed by atoms with E-state index in [1.54, 1.807) is 0 Å². The number of unbranched alkanes of at least 4 members (excludes halogenated alkanes) is 37. The van der Waals surface area contributed by atoms with E-state index < -0.39 is 6.10 Å². The van der Waals surface area contributed by atoms with E-state index in [1.807, 2.05) is 0 Å². The van der Waals surface area contributed by atoms with Gasteiger partial charge in [-0.25, -0.2) is 0 Å². The molecule has 0 bridgehead atoms. The molecule has 1 atom stereocenters. The fourth-order valence-corrected chi connectivity index (χ4v) is 8.87. The van der Waals surface area contributed by atoms with Crippen molar-refractivity contribution in [1.82, 2.24) is 0 Å². The Morgan fingerprint density at radius 3 is 0.766 bits per heavy atom. The molecule has 0 heterocycles. The molecule has 6 nitrogen and oxygen atoms in total. The highest BCUT2D eigenvalue weighted by molar-refractivity contribution is 5.71. The Labute approximate surface area is 399 Å². The van der Waals surface area contributed by atoms with E-state index in [0.29, 0.717) is 19.3 Å². The number of carbonyl (C=O) groups excluding carboxylic acids is 3. The van der Waals surface area contributed by atoms with Crippen LogP contribution in [0.5, 0.6) is 0 Å². The molecule has 0 amide bonds. The SMILES string of the molecule is CCCCCCCCCCCCCCCCCCCCCC(=O)O[C@@H](COC(=O)CCCCCCCCCCCCCCCC(C)C)COC(=O)CCCCCCCCCCC(C)C. The van der Waals surface area contributed by atoms with Crippen LogP contribution < -0.4 is 0 Å². The van der Waals surface area contributed by atoms with Gasteiger partial charge in [0.25, 0.3) is 0 Å². The second kappa shape index (κ2) is 50.8. The normalized spacial score (nSPS) is 12.0. The second-order valence-corrected chi connectivity index (χ2v) is 20.9. The largest absolute Gasteiger partial charge is 0.462 e.